The number of allylic oxidation sites excluding steroid dienone is 2. The number of quaternary nitrogens is 1. The van der Waals surface area contributed by atoms with E-state index < -0.39 is 12.9 Å². The Balaban J connectivity index is 3.59. The molecule has 0 radical (unpaired) electrons. The molecule has 0 fully saturated rings. The van der Waals surface area contributed by atoms with Crippen LogP contribution in [0.3, 0.4) is 0 Å². The van der Waals surface area contributed by atoms with E-state index in [0.29, 0.717) is 10.9 Å². The first-order chi connectivity index (χ1) is 15.0. The molecule has 0 spiro atoms. The van der Waals surface area contributed by atoms with Gasteiger partial charge in [0.15, 0.2) is 0 Å². The first-order valence-electron chi connectivity index (χ1n) is 13.3. The van der Waals surface area contributed by atoms with Crippen LogP contribution in [0.2, 0.25) is 0 Å². The van der Waals surface area contributed by atoms with Crippen molar-refractivity contribution in [2.75, 3.05) is 27.7 Å². The molecule has 3 N–H and O–H groups in total. The van der Waals surface area contributed by atoms with Crippen LogP contribution in [0.5, 0.6) is 0 Å². The van der Waals surface area contributed by atoms with Crippen molar-refractivity contribution in [3.63, 3.8) is 0 Å². The Hall–Kier alpha value is -0.190. The first kappa shape index (κ1) is 31.8. The minimum absolute atomic E-state index is 0.0610. The van der Waals surface area contributed by atoms with E-state index in [1.54, 1.807) is 0 Å². The van der Waals surface area contributed by atoms with Crippen molar-refractivity contribution in [2.24, 2.45) is 0 Å². The zero-order valence-electron chi connectivity index (χ0n) is 21.7. The van der Waals surface area contributed by atoms with Crippen LogP contribution in [0.25, 0.3) is 0 Å². The summed E-state index contributed by atoms with van der Waals surface area (Å²) >= 11 is 0. The van der Waals surface area contributed by atoms with Crippen molar-refractivity contribution in [1.82, 2.24) is 0 Å². The molecule has 1 unspecified atom stereocenters. The second kappa shape index (κ2) is 18.2. The lowest BCUT2D eigenvalue weighted by molar-refractivity contribution is -0.875. The lowest BCUT2D eigenvalue weighted by atomic mass is 10.0. The van der Waals surface area contributed by atoms with Crippen LogP contribution in [-0.2, 0) is 4.57 Å². The van der Waals surface area contributed by atoms with E-state index in [9.17, 15) is 19.5 Å². The van der Waals surface area contributed by atoms with E-state index in [1.807, 2.05) is 21.1 Å². The molecule has 0 saturated carbocycles. The van der Waals surface area contributed by atoms with Gasteiger partial charge in [0, 0.05) is 0 Å². The van der Waals surface area contributed by atoms with Crippen molar-refractivity contribution in [3.8, 4) is 0 Å². The summed E-state index contributed by atoms with van der Waals surface area (Å²) in [5.41, 5.74) is 0. The maximum Gasteiger partial charge on any atom is 0.362 e. The van der Waals surface area contributed by atoms with Gasteiger partial charge >= 0.3 is 7.60 Å². The highest BCUT2D eigenvalue weighted by molar-refractivity contribution is 7.53. The molecule has 0 bridgehead atoms. The third kappa shape index (κ3) is 18.3. The Morgan fingerprint density at radius 1 is 0.688 bits per heavy atom. The minimum Gasteiger partial charge on any atom is -0.373 e. The standard InChI is InChI=1S/C26H54NO4P/c1-5-6-7-8-9-10-11-12-13-14-15-16-17-18-19-20-21-22-23-24-26(28,32(29,30)31)25-27(2,3)4/h12-13,28H,5-11,14-25H2,1-4H3,(H-,29,30,31)/p+1/b13-12-. The molecule has 0 rings (SSSR count). The van der Waals surface area contributed by atoms with E-state index in [-0.39, 0.29) is 13.0 Å². The molecule has 6 heteroatoms. The molecule has 0 aliphatic carbocycles. The number of nitrogens with zero attached hydrogens (tertiary/aromatic N) is 1. The van der Waals surface area contributed by atoms with E-state index in [0.717, 1.165) is 12.8 Å². The van der Waals surface area contributed by atoms with Crippen LogP contribution in [0, 0.1) is 0 Å². The van der Waals surface area contributed by atoms with Gasteiger partial charge in [0.25, 0.3) is 0 Å². The summed E-state index contributed by atoms with van der Waals surface area (Å²) in [4.78, 5) is 19.2. The predicted molar refractivity (Wildman–Crippen MR) is 138 cm³/mol. The summed E-state index contributed by atoms with van der Waals surface area (Å²) in [5.74, 6) is 0. The van der Waals surface area contributed by atoms with E-state index in [2.05, 4.69) is 19.1 Å². The third-order valence-electron chi connectivity index (χ3n) is 6.11. The number of rotatable bonds is 22. The van der Waals surface area contributed by atoms with E-state index in [1.165, 1.54) is 89.9 Å². The number of hydrogen-bond acceptors (Lipinski definition) is 2. The lowest BCUT2D eigenvalue weighted by Crippen LogP contribution is -2.49. The minimum atomic E-state index is -4.54. The molecule has 5 nitrogen and oxygen atoms in total. The molecule has 0 aromatic carbocycles. The summed E-state index contributed by atoms with van der Waals surface area (Å²) in [5, 5.41) is 8.64. The fourth-order valence-electron chi connectivity index (χ4n) is 4.26. The van der Waals surface area contributed by atoms with Crippen molar-refractivity contribution < 1.29 is 23.9 Å². The highest BCUT2D eigenvalue weighted by atomic mass is 31.2. The quantitative estimate of drug-likeness (QED) is 0.0670. The molecular weight excluding hydrogens is 421 g/mol. The van der Waals surface area contributed by atoms with Crippen molar-refractivity contribution >= 4 is 7.60 Å². The highest BCUT2D eigenvalue weighted by Crippen LogP contribution is 2.52. The summed E-state index contributed by atoms with van der Waals surface area (Å²) in [6.45, 7) is 2.32. The smallest absolute Gasteiger partial charge is 0.362 e. The van der Waals surface area contributed by atoms with Gasteiger partial charge in [0.2, 0.25) is 5.34 Å². The summed E-state index contributed by atoms with van der Waals surface area (Å²) in [6.07, 6.45) is 25.8. The number of hydrogen-bond donors (Lipinski definition) is 3. The monoisotopic (exact) mass is 476 g/mol. The number of likely N-dealkylation sites (N-methyl/N-ethyl adjacent to an activating group) is 1. The lowest BCUT2D eigenvalue weighted by Gasteiger charge is -2.35. The molecule has 0 aliphatic rings. The van der Waals surface area contributed by atoms with Gasteiger partial charge < -0.3 is 19.4 Å². The van der Waals surface area contributed by atoms with Crippen LogP contribution in [0.4, 0.5) is 0 Å². The topological polar surface area (TPSA) is 77.8 Å². The molecule has 0 aromatic heterocycles. The van der Waals surface area contributed by atoms with Crippen LogP contribution in [0.15, 0.2) is 12.2 Å². The van der Waals surface area contributed by atoms with Crippen LogP contribution in [0.1, 0.15) is 122 Å². The van der Waals surface area contributed by atoms with Gasteiger partial charge in [-0.15, -0.1) is 0 Å². The fourth-order valence-corrected chi connectivity index (χ4v) is 5.32. The van der Waals surface area contributed by atoms with Gasteiger partial charge in [0.1, 0.15) is 6.54 Å². The maximum atomic E-state index is 11.8. The molecule has 192 valence electrons. The Kier molecular flexibility index (Phi) is 18.1. The van der Waals surface area contributed by atoms with Crippen LogP contribution in [-0.4, -0.2) is 52.4 Å². The third-order valence-corrected chi connectivity index (χ3v) is 7.56. The molecule has 0 saturated heterocycles. The SMILES string of the molecule is CCCCCCCC/C=C\CCCCCCCCCCCC(O)(C[N+](C)(C)C)P(=O)(O)O. The largest absolute Gasteiger partial charge is 0.373 e. The van der Waals surface area contributed by atoms with Gasteiger partial charge in [-0.2, -0.15) is 0 Å². The zero-order chi connectivity index (χ0) is 24.3. The van der Waals surface area contributed by atoms with Gasteiger partial charge in [-0.3, -0.25) is 4.57 Å². The van der Waals surface area contributed by atoms with Gasteiger partial charge in [-0.25, -0.2) is 0 Å². The second-order valence-corrected chi connectivity index (χ2v) is 12.6. The molecule has 0 aliphatic heterocycles. The van der Waals surface area contributed by atoms with Gasteiger partial charge in [-0.1, -0.05) is 96.1 Å². The first-order valence-corrected chi connectivity index (χ1v) is 14.9. The van der Waals surface area contributed by atoms with Crippen LogP contribution < -0.4 is 0 Å². The summed E-state index contributed by atoms with van der Waals surface area (Å²) < 4.78 is 12.1. The fraction of sp³-hybridized carbons (Fsp3) is 0.923. The normalized spacial score (nSPS) is 14.8. The summed E-state index contributed by atoms with van der Waals surface area (Å²) in [6, 6.07) is 0. The predicted octanol–water partition coefficient (Wildman–Crippen LogP) is 7.16. The maximum absolute atomic E-state index is 11.8. The Bertz CT molecular complexity index is 512. The highest BCUT2D eigenvalue weighted by Gasteiger charge is 2.48. The molecule has 32 heavy (non-hydrogen) atoms. The van der Waals surface area contributed by atoms with Gasteiger partial charge in [0.05, 0.1) is 21.1 Å². The van der Waals surface area contributed by atoms with Gasteiger partial charge in [-0.05, 0) is 38.5 Å². The molecule has 1 atom stereocenters. The van der Waals surface area contributed by atoms with E-state index >= 15 is 0 Å². The van der Waals surface area contributed by atoms with E-state index in [4.69, 9.17) is 0 Å². The Morgan fingerprint density at radius 2 is 1.06 bits per heavy atom. The number of aliphatic hydroxyl groups is 1. The van der Waals surface area contributed by atoms with Crippen LogP contribution >= 0.6 is 7.60 Å². The molecule has 0 heterocycles. The molecular formula is C26H55NO4P+. The van der Waals surface area contributed by atoms with Crippen molar-refractivity contribution in [1.29, 1.82) is 0 Å². The summed E-state index contributed by atoms with van der Waals surface area (Å²) in [7, 11) is 0.979. The zero-order valence-corrected chi connectivity index (χ0v) is 22.6. The van der Waals surface area contributed by atoms with Crippen molar-refractivity contribution in [2.45, 2.75) is 128 Å². The second-order valence-electron chi connectivity index (χ2n) is 10.7. The Labute approximate surface area is 199 Å². The Morgan fingerprint density at radius 3 is 1.44 bits per heavy atom. The number of unbranched alkanes of at least 4 members (excludes halogenated alkanes) is 15. The average Bonchev–Trinajstić information content (AvgIpc) is 2.67. The molecule has 0 aromatic rings. The molecule has 0 amide bonds. The van der Waals surface area contributed by atoms with Crippen molar-refractivity contribution in [3.05, 3.63) is 12.2 Å². The average molecular weight is 477 g/mol.